The normalized spacial score (nSPS) is 14.0. The number of aliphatic hydroxyl groups excluding tert-OH is 1. The maximum atomic E-state index is 13.0. The van der Waals surface area contributed by atoms with Crippen molar-refractivity contribution in [1.29, 1.82) is 0 Å². The third-order valence-corrected chi connectivity index (χ3v) is 14.1. The van der Waals surface area contributed by atoms with Gasteiger partial charge in [-0.05, 0) is 122 Å². The SMILES string of the molecule is CC/C=C\C/C=C\C/C=C\C/C=C\CCCCCCCCC(=O)OC(COC(=O)CCCC/C=C\C/C=C\C/C=C\C/C=C\CC)COP(=O)(O)OCC(CO)OC(=O)CCCCCCCCCCC/C=C\CCCCCCCC. The molecule has 2 N–H and O–H groups in total. The van der Waals surface area contributed by atoms with E-state index < -0.39 is 57.8 Å². The van der Waals surface area contributed by atoms with Crippen LogP contribution in [-0.4, -0.2) is 66.5 Å². The van der Waals surface area contributed by atoms with Crippen molar-refractivity contribution in [3.8, 4) is 0 Å². The van der Waals surface area contributed by atoms with Crippen molar-refractivity contribution in [2.75, 3.05) is 26.4 Å². The second-order valence-corrected chi connectivity index (χ2v) is 22.3. The van der Waals surface area contributed by atoms with Crippen molar-refractivity contribution in [1.82, 2.24) is 0 Å². The van der Waals surface area contributed by atoms with Crippen LogP contribution >= 0.6 is 7.82 Å². The van der Waals surface area contributed by atoms with Gasteiger partial charge in [-0.2, -0.15) is 0 Å². The van der Waals surface area contributed by atoms with Gasteiger partial charge in [-0.3, -0.25) is 23.4 Å². The largest absolute Gasteiger partial charge is 0.472 e. The van der Waals surface area contributed by atoms with Gasteiger partial charge in [0, 0.05) is 19.3 Å². The first kappa shape index (κ1) is 76.1. The number of rotatable bonds is 58. The minimum Gasteiger partial charge on any atom is -0.462 e. The van der Waals surface area contributed by atoms with Crippen LogP contribution in [0.2, 0.25) is 0 Å². The first-order valence-corrected chi connectivity index (χ1v) is 33.3. The predicted molar refractivity (Wildman–Crippen MR) is 334 cm³/mol. The Morgan fingerprint density at radius 1 is 0.362 bits per heavy atom. The van der Waals surface area contributed by atoms with Gasteiger partial charge in [-0.15, -0.1) is 0 Å². The van der Waals surface area contributed by atoms with Crippen molar-refractivity contribution in [3.05, 3.63) is 109 Å². The minimum absolute atomic E-state index is 0.137. The highest BCUT2D eigenvalue weighted by Crippen LogP contribution is 2.43. The molecule has 0 aliphatic heterocycles. The van der Waals surface area contributed by atoms with Crippen LogP contribution in [-0.2, 0) is 42.2 Å². The molecule has 0 radical (unpaired) electrons. The lowest BCUT2D eigenvalue weighted by molar-refractivity contribution is -0.161. The second-order valence-electron chi connectivity index (χ2n) is 20.8. The fraction of sp³-hybridized carbons (Fsp3) is 0.691. The lowest BCUT2D eigenvalue weighted by Gasteiger charge is -2.21. The van der Waals surface area contributed by atoms with Crippen LogP contribution in [0.1, 0.15) is 265 Å². The Morgan fingerprint density at radius 3 is 1.04 bits per heavy atom. The zero-order valence-electron chi connectivity index (χ0n) is 50.8. The molecule has 0 aliphatic carbocycles. The first-order valence-electron chi connectivity index (χ1n) is 31.8. The van der Waals surface area contributed by atoms with Crippen molar-refractivity contribution >= 4 is 25.7 Å². The molecular weight excluding hydrogens is 1020 g/mol. The molecule has 0 heterocycles. The summed E-state index contributed by atoms with van der Waals surface area (Å²) in [4.78, 5) is 48.7. The summed E-state index contributed by atoms with van der Waals surface area (Å²) in [5, 5.41) is 9.86. The molecule has 0 bridgehead atoms. The Morgan fingerprint density at radius 2 is 0.650 bits per heavy atom. The molecule has 0 aromatic heterocycles. The quantitative estimate of drug-likeness (QED) is 0.0197. The number of esters is 3. The van der Waals surface area contributed by atoms with E-state index in [1.807, 2.05) is 0 Å². The van der Waals surface area contributed by atoms with E-state index in [9.17, 15) is 28.9 Å². The monoisotopic (exact) mass is 1140 g/mol. The molecule has 0 amide bonds. The molecule has 3 atom stereocenters. The molecule has 0 aliphatic rings. The summed E-state index contributed by atoms with van der Waals surface area (Å²) in [5.41, 5.74) is 0. The van der Waals surface area contributed by atoms with E-state index in [-0.39, 0.29) is 25.9 Å². The van der Waals surface area contributed by atoms with Gasteiger partial charge in [0.15, 0.2) is 6.10 Å². The van der Waals surface area contributed by atoms with Crippen LogP contribution in [0, 0.1) is 0 Å². The fourth-order valence-electron chi connectivity index (χ4n) is 8.39. The van der Waals surface area contributed by atoms with Crippen LogP contribution in [0.5, 0.6) is 0 Å². The van der Waals surface area contributed by atoms with Crippen molar-refractivity contribution in [2.24, 2.45) is 0 Å². The molecule has 0 saturated heterocycles. The summed E-state index contributed by atoms with van der Waals surface area (Å²) in [6.07, 6.45) is 74.7. The highest BCUT2D eigenvalue weighted by molar-refractivity contribution is 7.47. The molecule has 3 unspecified atom stereocenters. The van der Waals surface area contributed by atoms with Gasteiger partial charge in [0.25, 0.3) is 0 Å². The number of aliphatic hydroxyl groups is 1. The van der Waals surface area contributed by atoms with Crippen LogP contribution in [0.3, 0.4) is 0 Å². The highest BCUT2D eigenvalue weighted by atomic mass is 31.2. The van der Waals surface area contributed by atoms with Gasteiger partial charge in [-0.1, -0.05) is 233 Å². The molecule has 0 fully saturated rings. The Hall–Kier alpha value is -3.86. The van der Waals surface area contributed by atoms with Gasteiger partial charge in [0.05, 0.1) is 19.8 Å². The Kier molecular flexibility index (Phi) is 58.3. The van der Waals surface area contributed by atoms with Gasteiger partial charge in [-0.25, -0.2) is 4.57 Å². The number of allylic oxidation sites excluding steroid dienone is 18. The molecule has 80 heavy (non-hydrogen) atoms. The average Bonchev–Trinajstić information content (AvgIpc) is 3.45. The number of phosphoric ester groups is 1. The fourth-order valence-corrected chi connectivity index (χ4v) is 9.18. The Labute approximate surface area is 488 Å². The maximum absolute atomic E-state index is 13.0. The van der Waals surface area contributed by atoms with Crippen LogP contribution in [0.25, 0.3) is 0 Å². The standard InChI is InChI=1S/C68H115O11P/c1-4-7-10-13-16-19-22-25-28-30-32-34-37-40-43-46-49-52-55-58-67(71)78-64(60-69)62-76-80(73,74)77-63-65(61-75-66(70)57-54-51-48-45-42-39-36-27-24-21-18-15-12-9-6-3)79-68(72)59-56-53-50-47-44-41-38-35-33-31-29-26-23-20-17-14-11-8-5-2/h8-9,11-12,17-18,20-21,25-29,33,35-36,42,45,64-65,69H,4-7,10,13-16,19,22-24,30-32,34,37-41,43-44,46-63H2,1-3H3,(H,73,74)/b11-8-,12-9-,20-17-,21-18-,28-25-,29-26-,35-33-,36-27-,45-42-. The predicted octanol–water partition coefficient (Wildman–Crippen LogP) is 19.4. The molecule has 0 rings (SSSR count). The Bertz CT molecular complexity index is 1760. The third-order valence-electron chi connectivity index (χ3n) is 13.2. The molecule has 12 heteroatoms. The van der Waals surface area contributed by atoms with E-state index in [4.69, 9.17) is 23.3 Å². The van der Waals surface area contributed by atoms with Crippen LogP contribution < -0.4 is 0 Å². The van der Waals surface area contributed by atoms with Crippen molar-refractivity contribution < 1.29 is 52.2 Å². The summed E-state index contributed by atoms with van der Waals surface area (Å²) in [6, 6.07) is 0. The number of ether oxygens (including phenoxy) is 3. The van der Waals surface area contributed by atoms with Crippen LogP contribution in [0.4, 0.5) is 0 Å². The lowest BCUT2D eigenvalue weighted by Crippen LogP contribution is -2.30. The molecule has 0 aromatic carbocycles. The third kappa shape index (κ3) is 58.8. The molecule has 11 nitrogen and oxygen atoms in total. The van der Waals surface area contributed by atoms with E-state index in [0.717, 1.165) is 122 Å². The molecule has 0 spiro atoms. The highest BCUT2D eigenvalue weighted by Gasteiger charge is 2.28. The summed E-state index contributed by atoms with van der Waals surface area (Å²) >= 11 is 0. The molecular formula is C68H115O11P. The summed E-state index contributed by atoms with van der Waals surface area (Å²) in [5.74, 6) is -1.54. The zero-order chi connectivity index (χ0) is 58.3. The van der Waals surface area contributed by atoms with E-state index >= 15 is 0 Å². The zero-order valence-corrected chi connectivity index (χ0v) is 51.7. The average molecular weight is 1140 g/mol. The second kappa shape index (κ2) is 61.2. The summed E-state index contributed by atoms with van der Waals surface area (Å²) in [7, 11) is -4.77. The summed E-state index contributed by atoms with van der Waals surface area (Å²) in [6.45, 7) is 4.37. The topological polar surface area (TPSA) is 155 Å². The minimum atomic E-state index is -4.77. The van der Waals surface area contributed by atoms with E-state index in [0.29, 0.717) is 19.3 Å². The van der Waals surface area contributed by atoms with Gasteiger partial charge in [0.1, 0.15) is 12.7 Å². The summed E-state index contributed by atoms with van der Waals surface area (Å²) < 4.78 is 39.6. The number of hydrogen-bond donors (Lipinski definition) is 2. The number of carbonyl (C=O) groups excluding carboxylic acids is 3. The van der Waals surface area contributed by atoms with Crippen molar-refractivity contribution in [2.45, 2.75) is 277 Å². The van der Waals surface area contributed by atoms with Gasteiger partial charge in [0.2, 0.25) is 0 Å². The van der Waals surface area contributed by atoms with E-state index in [2.05, 4.69) is 130 Å². The van der Waals surface area contributed by atoms with E-state index in [1.165, 1.54) is 83.5 Å². The lowest BCUT2D eigenvalue weighted by atomic mass is 10.1. The molecule has 0 aromatic rings. The van der Waals surface area contributed by atoms with Gasteiger partial charge >= 0.3 is 25.7 Å². The Balaban J connectivity index is 4.74. The molecule has 0 saturated carbocycles. The number of unbranched alkanes of at least 4 members (excludes halogenated alkanes) is 23. The number of hydrogen-bond acceptors (Lipinski definition) is 10. The van der Waals surface area contributed by atoms with Gasteiger partial charge < -0.3 is 24.2 Å². The van der Waals surface area contributed by atoms with E-state index in [1.54, 1.807) is 0 Å². The molecule has 458 valence electrons. The van der Waals surface area contributed by atoms with Crippen LogP contribution in [0.15, 0.2) is 109 Å². The maximum Gasteiger partial charge on any atom is 0.472 e. The number of phosphoric acid groups is 1. The number of carbonyl (C=O) groups is 3. The smallest absolute Gasteiger partial charge is 0.462 e. The first-order chi connectivity index (χ1) is 39.2. The van der Waals surface area contributed by atoms with Crippen molar-refractivity contribution in [3.63, 3.8) is 0 Å².